The highest BCUT2D eigenvalue weighted by Crippen LogP contribution is 2.23. The van der Waals surface area contributed by atoms with Crippen LogP contribution in [0, 0.1) is 11.6 Å². The summed E-state index contributed by atoms with van der Waals surface area (Å²) < 4.78 is 28.9. The number of hydrogen-bond acceptors (Lipinski definition) is 5. The van der Waals surface area contributed by atoms with Gasteiger partial charge in [-0.05, 0) is 37.6 Å². The largest absolute Gasteiger partial charge is 0.391 e. The van der Waals surface area contributed by atoms with Gasteiger partial charge in [-0.2, -0.15) is 5.10 Å². The minimum atomic E-state index is -0.535. The third-order valence-electron chi connectivity index (χ3n) is 4.85. The Morgan fingerprint density at radius 1 is 1.34 bits per heavy atom. The zero-order valence-corrected chi connectivity index (χ0v) is 15.6. The lowest BCUT2D eigenvalue weighted by atomic mass is 10.1. The molecule has 29 heavy (non-hydrogen) atoms. The standard InChI is InChI=1S/C19H20F2N6O2/c1-11(14-8-12(20)2-3-15(14)21)23-17-5-7-27-18(25-17)16(9-22-27)24-19(29)26-6-4-13(28)10-26/h2-3,5,7-9,11,13,28H,4,6,10H2,1H3,(H,23,25)(H,24,29)/t11-,13+/m1/s1. The van der Waals surface area contributed by atoms with Crippen LogP contribution in [-0.4, -0.2) is 49.8 Å². The number of likely N-dealkylation sites (tertiary alicyclic amines) is 1. The fourth-order valence-corrected chi connectivity index (χ4v) is 3.30. The van der Waals surface area contributed by atoms with E-state index in [2.05, 4.69) is 20.7 Å². The second-order valence-corrected chi connectivity index (χ2v) is 6.99. The number of benzene rings is 1. The monoisotopic (exact) mass is 402 g/mol. The van der Waals surface area contributed by atoms with Crippen LogP contribution in [0.15, 0.2) is 36.7 Å². The molecule has 2 amide bonds. The number of amides is 2. The van der Waals surface area contributed by atoms with Crippen molar-refractivity contribution in [3.63, 3.8) is 0 Å². The number of aliphatic hydroxyl groups excluding tert-OH is 1. The summed E-state index contributed by atoms with van der Waals surface area (Å²) in [6.45, 7) is 2.45. The predicted octanol–water partition coefficient (Wildman–Crippen LogP) is 2.78. The van der Waals surface area contributed by atoms with Crippen molar-refractivity contribution in [2.75, 3.05) is 23.7 Å². The van der Waals surface area contributed by atoms with Gasteiger partial charge in [0.15, 0.2) is 5.65 Å². The molecule has 4 rings (SSSR count). The molecule has 0 bridgehead atoms. The number of nitrogens with one attached hydrogen (secondary N) is 2. The van der Waals surface area contributed by atoms with Crippen LogP contribution >= 0.6 is 0 Å². The highest BCUT2D eigenvalue weighted by Gasteiger charge is 2.25. The molecule has 1 aliphatic rings. The maximum Gasteiger partial charge on any atom is 0.322 e. The molecule has 2 aromatic heterocycles. The number of anilines is 2. The van der Waals surface area contributed by atoms with E-state index >= 15 is 0 Å². The Balaban J connectivity index is 1.53. The Bertz CT molecular complexity index is 1060. The fourth-order valence-electron chi connectivity index (χ4n) is 3.30. The SMILES string of the molecule is C[C@@H](Nc1ccn2ncc(NC(=O)N3CC[C@H](O)C3)c2n1)c1cc(F)ccc1F. The van der Waals surface area contributed by atoms with E-state index in [1.165, 1.54) is 15.6 Å². The molecule has 1 aliphatic heterocycles. The van der Waals surface area contributed by atoms with E-state index in [0.29, 0.717) is 30.1 Å². The molecule has 10 heteroatoms. The van der Waals surface area contributed by atoms with Crippen LogP contribution in [0.25, 0.3) is 5.65 Å². The average molecular weight is 402 g/mol. The van der Waals surface area contributed by atoms with Gasteiger partial charge in [0.2, 0.25) is 0 Å². The van der Waals surface area contributed by atoms with Gasteiger partial charge in [-0.25, -0.2) is 23.1 Å². The summed E-state index contributed by atoms with van der Waals surface area (Å²) in [6, 6.07) is 4.06. The lowest BCUT2D eigenvalue weighted by Gasteiger charge is -2.17. The Kier molecular flexibility index (Phi) is 5.01. The lowest BCUT2D eigenvalue weighted by Crippen LogP contribution is -2.33. The van der Waals surface area contributed by atoms with Gasteiger partial charge >= 0.3 is 6.03 Å². The van der Waals surface area contributed by atoms with Gasteiger partial charge in [-0.1, -0.05) is 0 Å². The second-order valence-electron chi connectivity index (χ2n) is 6.99. The van der Waals surface area contributed by atoms with Crippen LogP contribution in [0.4, 0.5) is 25.1 Å². The van der Waals surface area contributed by atoms with Crippen LogP contribution in [0.1, 0.15) is 24.9 Å². The number of aliphatic hydroxyl groups is 1. The summed E-state index contributed by atoms with van der Waals surface area (Å²) in [4.78, 5) is 18.3. The number of carbonyl (C=O) groups is 1. The van der Waals surface area contributed by atoms with E-state index in [1.807, 2.05) is 0 Å². The minimum Gasteiger partial charge on any atom is -0.391 e. The number of rotatable bonds is 4. The molecule has 1 saturated heterocycles. The quantitative estimate of drug-likeness (QED) is 0.624. The van der Waals surface area contributed by atoms with E-state index in [0.717, 1.165) is 18.2 Å². The number of halogens is 2. The van der Waals surface area contributed by atoms with Crippen LogP contribution in [0.2, 0.25) is 0 Å². The first-order valence-electron chi connectivity index (χ1n) is 9.20. The zero-order valence-electron chi connectivity index (χ0n) is 15.6. The molecule has 2 atom stereocenters. The smallest absolute Gasteiger partial charge is 0.322 e. The third-order valence-corrected chi connectivity index (χ3v) is 4.85. The molecule has 1 aromatic carbocycles. The molecule has 0 aliphatic carbocycles. The number of carbonyl (C=O) groups excluding carboxylic acids is 1. The Morgan fingerprint density at radius 2 is 2.17 bits per heavy atom. The summed E-state index contributed by atoms with van der Waals surface area (Å²) in [5, 5.41) is 19.5. The van der Waals surface area contributed by atoms with Crippen LogP contribution < -0.4 is 10.6 Å². The van der Waals surface area contributed by atoms with Gasteiger partial charge in [0.05, 0.1) is 18.3 Å². The minimum absolute atomic E-state index is 0.182. The molecular formula is C19H20F2N6O2. The van der Waals surface area contributed by atoms with Gasteiger partial charge in [0.1, 0.15) is 23.1 Å². The first-order valence-corrected chi connectivity index (χ1v) is 9.20. The fraction of sp³-hybridized carbons (Fsp3) is 0.316. The predicted molar refractivity (Wildman–Crippen MR) is 103 cm³/mol. The van der Waals surface area contributed by atoms with Crippen molar-refractivity contribution in [3.8, 4) is 0 Å². The summed E-state index contributed by atoms with van der Waals surface area (Å²) in [5.41, 5.74) is 0.987. The molecule has 0 saturated carbocycles. The highest BCUT2D eigenvalue weighted by molar-refractivity contribution is 5.93. The van der Waals surface area contributed by atoms with Crippen LogP contribution in [0.5, 0.6) is 0 Å². The molecule has 152 valence electrons. The normalized spacial score (nSPS) is 17.5. The van der Waals surface area contributed by atoms with Gasteiger partial charge in [-0.15, -0.1) is 0 Å². The molecular weight excluding hydrogens is 382 g/mol. The summed E-state index contributed by atoms with van der Waals surface area (Å²) >= 11 is 0. The molecule has 0 unspecified atom stereocenters. The number of aromatic nitrogens is 3. The van der Waals surface area contributed by atoms with Crippen molar-refractivity contribution in [2.24, 2.45) is 0 Å². The Labute approximate surface area is 165 Å². The topological polar surface area (TPSA) is 94.8 Å². The summed E-state index contributed by atoms with van der Waals surface area (Å²) in [5.74, 6) is -0.620. The van der Waals surface area contributed by atoms with Crippen molar-refractivity contribution in [2.45, 2.75) is 25.5 Å². The van der Waals surface area contributed by atoms with Crippen LogP contribution in [-0.2, 0) is 0 Å². The highest BCUT2D eigenvalue weighted by atomic mass is 19.1. The van der Waals surface area contributed by atoms with Gasteiger partial charge < -0.3 is 20.6 Å². The molecule has 0 radical (unpaired) electrons. The van der Waals surface area contributed by atoms with E-state index in [1.54, 1.807) is 19.2 Å². The molecule has 3 aromatic rings. The number of urea groups is 1. The van der Waals surface area contributed by atoms with Crippen molar-refractivity contribution < 1.29 is 18.7 Å². The van der Waals surface area contributed by atoms with Gasteiger partial charge in [-0.3, -0.25) is 0 Å². The van der Waals surface area contributed by atoms with Crippen molar-refractivity contribution >= 4 is 23.2 Å². The number of fused-ring (bicyclic) bond motifs is 1. The van der Waals surface area contributed by atoms with E-state index in [4.69, 9.17) is 0 Å². The van der Waals surface area contributed by atoms with Crippen LogP contribution in [0.3, 0.4) is 0 Å². The third kappa shape index (κ3) is 3.97. The lowest BCUT2D eigenvalue weighted by molar-refractivity contribution is 0.176. The zero-order chi connectivity index (χ0) is 20.5. The van der Waals surface area contributed by atoms with Gasteiger partial charge in [0, 0.05) is 24.8 Å². The summed E-state index contributed by atoms with van der Waals surface area (Å²) in [6.07, 6.45) is 3.16. The van der Waals surface area contributed by atoms with Crippen molar-refractivity contribution in [1.29, 1.82) is 0 Å². The summed E-state index contributed by atoms with van der Waals surface area (Å²) in [7, 11) is 0. The maximum absolute atomic E-state index is 14.0. The molecule has 1 fully saturated rings. The molecule has 3 heterocycles. The van der Waals surface area contributed by atoms with E-state index < -0.39 is 23.8 Å². The van der Waals surface area contributed by atoms with Crippen molar-refractivity contribution in [3.05, 3.63) is 53.9 Å². The first kappa shape index (κ1) is 19.1. The number of hydrogen-bond donors (Lipinski definition) is 3. The number of β-amino-alcohol motifs (C(OH)–C–C–N with tert-alkyl or cyclic N) is 1. The van der Waals surface area contributed by atoms with E-state index in [9.17, 15) is 18.7 Å². The Hall–Kier alpha value is -3.27. The van der Waals surface area contributed by atoms with Crippen molar-refractivity contribution in [1.82, 2.24) is 19.5 Å². The Morgan fingerprint density at radius 3 is 2.93 bits per heavy atom. The molecule has 8 nitrogen and oxygen atoms in total. The molecule has 0 spiro atoms. The average Bonchev–Trinajstić information content (AvgIpc) is 3.30. The van der Waals surface area contributed by atoms with E-state index in [-0.39, 0.29) is 18.1 Å². The number of nitrogens with zero attached hydrogens (tertiary/aromatic N) is 4. The van der Waals surface area contributed by atoms with Gasteiger partial charge in [0.25, 0.3) is 0 Å². The first-order chi connectivity index (χ1) is 13.9. The molecule has 3 N–H and O–H groups in total. The second kappa shape index (κ2) is 7.63. The maximum atomic E-state index is 14.0.